The minimum atomic E-state index is -2.80. The normalized spacial score (nSPS) is 23.1. The Balaban J connectivity index is 0.00000196. The summed E-state index contributed by atoms with van der Waals surface area (Å²) < 4.78 is 28.2. The van der Waals surface area contributed by atoms with Crippen LogP contribution in [0.1, 0.15) is 19.8 Å². The van der Waals surface area contributed by atoms with Gasteiger partial charge in [0, 0.05) is 13.2 Å². The summed E-state index contributed by atoms with van der Waals surface area (Å²) in [6, 6.07) is 0. The maximum atomic E-state index is 11.3. The smallest absolute Gasteiger partial charge is 0.150 e. The van der Waals surface area contributed by atoms with E-state index in [0.717, 1.165) is 6.54 Å². The van der Waals surface area contributed by atoms with Gasteiger partial charge in [-0.3, -0.25) is 0 Å². The Morgan fingerprint density at radius 2 is 1.87 bits per heavy atom. The first kappa shape index (κ1) is 15.2. The Morgan fingerprint density at radius 3 is 2.27 bits per heavy atom. The molecule has 1 aliphatic rings. The Labute approximate surface area is 98.1 Å². The summed E-state index contributed by atoms with van der Waals surface area (Å²) in [5.74, 6) is 0.517. The van der Waals surface area contributed by atoms with Gasteiger partial charge in [-0.2, -0.15) is 0 Å². The molecule has 0 spiro atoms. The standard InChI is InChI=1S/C9H19NO3S.ClH/c1-3-13-9(8-10-2)4-6-14(11,12)7-5-9;/h10H,3-8H2,1-2H3;1H. The minimum absolute atomic E-state index is 0. The molecule has 1 saturated heterocycles. The first-order valence-corrected chi connectivity index (χ1v) is 6.85. The molecule has 0 atom stereocenters. The van der Waals surface area contributed by atoms with E-state index in [9.17, 15) is 8.42 Å². The second kappa shape index (κ2) is 6.03. The van der Waals surface area contributed by atoms with Crippen LogP contribution in [0.2, 0.25) is 0 Å². The Hall–Kier alpha value is 0.160. The van der Waals surface area contributed by atoms with E-state index in [0.29, 0.717) is 19.4 Å². The molecule has 0 bridgehead atoms. The lowest BCUT2D eigenvalue weighted by Crippen LogP contribution is -2.48. The van der Waals surface area contributed by atoms with Crippen LogP contribution in [0.25, 0.3) is 0 Å². The van der Waals surface area contributed by atoms with Gasteiger partial charge in [-0.15, -0.1) is 12.4 Å². The Morgan fingerprint density at radius 1 is 1.33 bits per heavy atom. The number of rotatable bonds is 4. The van der Waals surface area contributed by atoms with E-state index in [4.69, 9.17) is 4.74 Å². The van der Waals surface area contributed by atoms with Gasteiger partial charge >= 0.3 is 0 Å². The predicted molar refractivity (Wildman–Crippen MR) is 63.4 cm³/mol. The molecule has 0 aromatic rings. The van der Waals surface area contributed by atoms with Crippen molar-refractivity contribution in [1.29, 1.82) is 0 Å². The van der Waals surface area contributed by atoms with Crippen LogP contribution in [0.3, 0.4) is 0 Å². The van der Waals surface area contributed by atoms with Gasteiger partial charge < -0.3 is 10.1 Å². The van der Waals surface area contributed by atoms with Gasteiger partial charge in [0.25, 0.3) is 0 Å². The number of halogens is 1. The second-order valence-electron chi connectivity index (χ2n) is 3.80. The number of nitrogens with one attached hydrogen (secondary N) is 1. The third-order valence-electron chi connectivity index (χ3n) is 2.69. The molecule has 0 radical (unpaired) electrons. The van der Waals surface area contributed by atoms with E-state index in [-0.39, 0.29) is 29.5 Å². The molecule has 6 heteroatoms. The summed E-state index contributed by atoms with van der Waals surface area (Å²) in [4.78, 5) is 0. The van der Waals surface area contributed by atoms with Crippen LogP contribution in [0.15, 0.2) is 0 Å². The van der Waals surface area contributed by atoms with Crippen LogP contribution >= 0.6 is 12.4 Å². The minimum Gasteiger partial charge on any atom is -0.374 e. The van der Waals surface area contributed by atoms with E-state index < -0.39 is 9.84 Å². The van der Waals surface area contributed by atoms with E-state index in [1.54, 1.807) is 0 Å². The van der Waals surface area contributed by atoms with Crippen molar-refractivity contribution >= 4 is 22.2 Å². The second-order valence-corrected chi connectivity index (χ2v) is 6.10. The van der Waals surface area contributed by atoms with Crippen molar-refractivity contribution in [3.05, 3.63) is 0 Å². The van der Waals surface area contributed by atoms with Crippen molar-refractivity contribution in [2.24, 2.45) is 0 Å². The third-order valence-corrected chi connectivity index (χ3v) is 4.34. The lowest BCUT2D eigenvalue weighted by Gasteiger charge is -2.36. The summed E-state index contributed by atoms with van der Waals surface area (Å²) in [5.41, 5.74) is -0.255. The van der Waals surface area contributed by atoms with Gasteiger partial charge in [0.15, 0.2) is 9.84 Å². The fourth-order valence-corrected chi connectivity index (χ4v) is 3.48. The lowest BCUT2D eigenvalue weighted by atomic mass is 9.96. The highest BCUT2D eigenvalue weighted by molar-refractivity contribution is 7.91. The van der Waals surface area contributed by atoms with Crippen molar-refractivity contribution in [1.82, 2.24) is 5.32 Å². The maximum Gasteiger partial charge on any atom is 0.150 e. The molecule has 0 saturated carbocycles. The van der Waals surface area contributed by atoms with Gasteiger partial charge in [-0.05, 0) is 26.8 Å². The first-order valence-electron chi connectivity index (χ1n) is 5.02. The van der Waals surface area contributed by atoms with Crippen LogP contribution in [-0.2, 0) is 14.6 Å². The largest absolute Gasteiger partial charge is 0.374 e. The summed E-state index contributed by atoms with van der Waals surface area (Å²) in [6.45, 7) is 3.32. The summed E-state index contributed by atoms with van der Waals surface area (Å²) >= 11 is 0. The quantitative estimate of drug-likeness (QED) is 0.802. The highest BCUT2D eigenvalue weighted by Gasteiger charge is 2.37. The Bertz CT molecular complexity index is 257. The number of hydrogen-bond acceptors (Lipinski definition) is 4. The van der Waals surface area contributed by atoms with Crippen LogP contribution in [0, 0.1) is 0 Å². The molecule has 1 aliphatic heterocycles. The average molecular weight is 258 g/mol. The SMILES string of the molecule is CCOC1(CNC)CCS(=O)(=O)CC1.Cl. The molecular weight excluding hydrogens is 238 g/mol. The molecule has 1 fully saturated rings. The van der Waals surface area contributed by atoms with Gasteiger partial charge in [-0.1, -0.05) is 0 Å². The highest BCUT2D eigenvalue weighted by atomic mass is 35.5. The average Bonchev–Trinajstić information content (AvgIpc) is 2.12. The molecule has 92 valence electrons. The maximum absolute atomic E-state index is 11.3. The highest BCUT2D eigenvalue weighted by Crippen LogP contribution is 2.26. The molecule has 1 N–H and O–H groups in total. The van der Waals surface area contributed by atoms with Crippen LogP contribution in [-0.4, -0.2) is 45.7 Å². The predicted octanol–water partition coefficient (Wildman–Crippen LogP) is 0.611. The van der Waals surface area contributed by atoms with Crippen LogP contribution < -0.4 is 5.32 Å². The van der Waals surface area contributed by atoms with E-state index in [1.807, 2.05) is 14.0 Å². The molecule has 1 heterocycles. The van der Waals surface area contributed by atoms with E-state index >= 15 is 0 Å². The fraction of sp³-hybridized carbons (Fsp3) is 1.00. The van der Waals surface area contributed by atoms with Crippen molar-refractivity contribution in [3.63, 3.8) is 0 Å². The topological polar surface area (TPSA) is 55.4 Å². The molecule has 0 aliphatic carbocycles. The number of ether oxygens (including phenoxy) is 1. The summed E-state index contributed by atoms with van der Waals surface area (Å²) in [6.07, 6.45) is 1.23. The van der Waals surface area contributed by atoms with Crippen molar-refractivity contribution in [2.45, 2.75) is 25.4 Å². The molecule has 0 aromatic carbocycles. The van der Waals surface area contributed by atoms with Gasteiger partial charge in [0.2, 0.25) is 0 Å². The van der Waals surface area contributed by atoms with E-state index in [2.05, 4.69) is 5.32 Å². The van der Waals surface area contributed by atoms with Crippen LogP contribution in [0.5, 0.6) is 0 Å². The molecular formula is C9H20ClNO3S. The summed E-state index contributed by atoms with van der Waals surface area (Å²) in [5, 5.41) is 3.07. The zero-order valence-corrected chi connectivity index (χ0v) is 10.9. The van der Waals surface area contributed by atoms with Crippen molar-refractivity contribution in [2.75, 3.05) is 31.7 Å². The molecule has 1 rings (SSSR count). The number of sulfone groups is 1. The van der Waals surface area contributed by atoms with Crippen LogP contribution in [0.4, 0.5) is 0 Å². The molecule has 15 heavy (non-hydrogen) atoms. The zero-order valence-electron chi connectivity index (χ0n) is 9.28. The monoisotopic (exact) mass is 257 g/mol. The third kappa shape index (κ3) is 4.26. The van der Waals surface area contributed by atoms with E-state index in [1.165, 1.54) is 0 Å². The number of hydrogen-bond donors (Lipinski definition) is 1. The molecule has 4 nitrogen and oxygen atoms in total. The fourth-order valence-electron chi connectivity index (χ4n) is 1.91. The van der Waals surface area contributed by atoms with Crippen molar-refractivity contribution in [3.8, 4) is 0 Å². The van der Waals surface area contributed by atoms with Crippen molar-refractivity contribution < 1.29 is 13.2 Å². The lowest BCUT2D eigenvalue weighted by molar-refractivity contribution is -0.0437. The number of likely N-dealkylation sites (N-methyl/N-ethyl adjacent to an activating group) is 1. The zero-order chi connectivity index (χ0) is 10.7. The van der Waals surface area contributed by atoms with Gasteiger partial charge in [-0.25, -0.2) is 8.42 Å². The first-order chi connectivity index (χ1) is 6.54. The molecule has 0 amide bonds. The van der Waals surface area contributed by atoms with Gasteiger partial charge in [0.05, 0.1) is 17.1 Å². The molecule has 0 aromatic heterocycles. The van der Waals surface area contributed by atoms with Gasteiger partial charge in [0.1, 0.15) is 0 Å². The summed E-state index contributed by atoms with van der Waals surface area (Å²) in [7, 11) is -0.933. The Kier molecular flexibility index (Phi) is 6.10. The molecule has 0 unspecified atom stereocenters.